The standard InChI is InChI=1S/C17H19FN2O4/c1-6-13-11-9-12(18)15(23-8-7-22-5)10-14(11)20(19-13)16(21)24-17(2,3)4/h1,9-10H,7-8H2,2-5H3. The highest BCUT2D eigenvalue weighted by Gasteiger charge is 2.23. The van der Waals surface area contributed by atoms with E-state index < -0.39 is 17.5 Å². The van der Waals surface area contributed by atoms with Crippen molar-refractivity contribution >= 4 is 17.0 Å². The smallest absolute Gasteiger partial charge is 0.435 e. The van der Waals surface area contributed by atoms with Crippen molar-refractivity contribution in [1.82, 2.24) is 9.78 Å². The van der Waals surface area contributed by atoms with Gasteiger partial charge in [-0.1, -0.05) is 0 Å². The molecule has 0 aliphatic carbocycles. The zero-order valence-corrected chi connectivity index (χ0v) is 14.1. The van der Waals surface area contributed by atoms with Crippen LogP contribution in [0.3, 0.4) is 0 Å². The van der Waals surface area contributed by atoms with Crippen molar-refractivity contribution in [2.24, 2.45) is 0 Å². The van der Waals surface area contributed by atoms with Crippen LogP contribution in [0, 0.1) is 18.2 Å². The number of hydrogen-bond acceptors (Lipinski definition) is 5. The topological polar surface area (TPSA) is 62.6 Å². The molecule has 0 N–H and O–H groups in total. The van der Waals surface area contributed by atoms with Gasteiger partial charge in [0.2, 0.25) is 0 Å². The van der Waals surface area contributed by atoms with E-state index in [-0.39, 0.29) is 18.1 Å². The van der Waals surface area contributed by atoms with Crippen LogP contribution in [-0.4, -0.2) is 41.8 Å². The molecule has 0 radical (unpaired) electrons. The van der Waals surface area contributed by atoms with Crippen LogP contribution in [0.4, 0.5) is 9.18 Å². The van der Waals surface area contributed by atoms with Gasteiger partial charge in [0.05, 0.1) is 12.1 Å². The zero-order valence-electron chi connectivity index (χ0n) is 14.1. The van der Waals surface area contributed by atoms with E-state index in [1.807, 2.05) is 0 Å². The molecule has 0 bridgehead atoms. The molecule has 0 atom stereocenters. The molecule has 1 heterocycles. The molecule has 2 aromatic rings. The molecular formula is C17H19FN2O4. The molecule has 24 heavy (non-hydrogen) atoms. The Balaban J connectivity index is 2.49. The van der Waals surface area contributed by atoms with E-state index in [2.05, 4.69) is 11.0 Å². The average molecular weight is 334 g/mol. The minimum Gasteiger partial charge on any atom is -0.488 e. The summed E-state index contributed by atoms with van der Waals surface area (Å²) in [6, 6.07) is 2.57. The summed E-state index contributed by atoms with van der Waals surface area (Å²) in [6.45, 7) is 5.67. The Kier molecular flexibility index (Phi) is 5.10. The fourth-order valence-electron chi connectivity index (χ4n) is 2.01. The van der Waals surface area contributed by atoms with Gasteiger partial charge in [-0.25, -0.2) is 9.18 Å². The van der Waals surface area contributed by atoms with Crippen LogP contribution in [0.15, 0.2) is 12.1 Å². The SMILES string of the molecule is C#Cc1nn(C(=O)OC(C)(C)C)c2cc(OCCOC)c(F)cc12. The number of halogens is 1. The first kappa shape index (κ1) is 17.8. The van der Waals surface area contributed by atoms with Crippen LogP contribution in [0.2, 0.25) is 0 Å². The van der Waals surface area contributed by atoms with Gasteiger partial charge in [0.1, 0.15) is 17.9 Å². The van der Waals surface area contributed by atoms with E-state index in [1.165, 1.54) is 19.2 Å². The minimum atomic E-state index is -0.705. The summed E-state index contributed by atoms with van der Waals surface area (Å²) >= 11 is 0. The fourth-order valence-corrected chi connectivity index (χ4v) is 2.01. The second-order valence-electron chi connectivity index (χ2n) is 6.03. The van der Waals surface area contributed by atoms with E-state index in [4.69, 9.17) is 20.6 Å². The van der Waals surface area contributed by atoms with Crippen molar-refractivity contribution in [3.8, 4) is 18.1 Å². The third kappa shape index (κ3) is 3.84. The number of rotatable bonds is 4. The fraction of sp³-hybridized carbons (Fsp3) is 0.412. The second-order valence-corrected chi connectivity index (χ2v) is 6.03. The summed E-state index contributed by atoms with van der Waals surface area (Å²) < 4.78 is 30.6. The molecule has 128 valence electrons. The van der Waals surface area contributed by atoms with Gasteiger partial charge < -0.3 is 14.2 Å². The zero-order chi connectivity index (χ0) is 17.9. The van der Waals surface area contributed by atoms with E-state index in [0.29, 0.717) is 17.5 Å². The van der Waals surface area contributed by atoms with Gasteiger partial charge in [0, 0.05) is 18.6 Å². The summed E-state index contributed by atoms with van der Waals surface area (Å²) in [7, 11) is 1.51. The van der Waals surface area contributed by atoms with Crippen LogP contribution in [0.25, 0.3) is 10.9 Å². The van der Waals surface area contributed by atoms with Crippen LogP contribution < -0.4 is 4.74 Å². The summed E-state index contributed by atoms with van der Waals surface area (Å²) in [4.78, 5) is 12.3. The lowest BCUT2D eigenvalue weighted by Gasteiger charge is -2.19. The second kappa shape index (κ2) is 6.89. The van der Waals surface area contributed by atoms with Crippen molar-refractivity contribution in [2.75, 3.05) is 20.3 Å². The van der Waals surface area contributed by atoms with E-state index in [0.717, 1.165) is 4.68 Å². The Morgan fingerprint density at radius 2 is 2.08 bits per heavy atom. The van der Waals surface area contributed by atoms with Gasteiger partial charge in [-0.05, 0) is 32.8 Å². The number of carbonyl (C=O) groups is 1. The molecule has 0 aliphatic heterocycles. The average Bonchev–Trinajstić information content (AvgIpc) is 2.83. The predicted octanol–water partition coefficient (Wildman–Crippen LogP) is 2.97. The molecule has 0 unspecified atom stereocenters. The van der Waals surface area contributed by atoms with Crippen molar-refractivity contribution in [3.05, 3.63) is 23.6 Å². The van der Waals surface area contributed by atoms with Crippen molar-refractivity contribution in [1.29, 1.82) is 0 Å². The molecule has 0 amide bonds. The number of nitrogens with zero attached hydrogens (tertiary/aromatic N) is 2. The predicted molar refractivity (Wildman–Crippen MR) is 86.6 cm³/mol. The molecule has 6 nitrogen and oxygen atoms in total. The number of hydrogen-bond donors (Lipinski definition) is 0. The maximum absolute atomic E-state index is 14.2. The molecule has 0 fully saturated rings. The molecule has 7 heteroatoms. The summed E-state index contributed by atoms with van der Waals surface area (Å²) in [5.74, 6) is 1.72. The highest BCUT2D eigenvalue weighted by atomic mass is 19.1. The lowest BCUT2D eigenvalue weighted by atomic mass is 10.2. The Hall–Kier alpha value is -2.59. The van der Waals surface area contributed by atoms with Gasteiger partial charge in [0.25, 0.3) is 0 Å². The highest BCUT2D eigenvalue weighted by Crippen LogP contribution is 2.27. The lowest BCUT2D eigenvalue weighted by Crippen LogP contribution is -2.27. The Morgan fingerprint density at radius 3 is 2.67 bits per heavy atom. The van der Waals surface area contributed by atoms with Gasteiger partial charge in [-0.3, -0.25) is 0 Å². The summed E-state index contributed by atoms with van der Waals surface area (Å²) in [6.07, 6.45) is 4.69. The van der Waals surface area contributed by atoms with Crippen LogP contribution in [-0.2, 0) is 9.47 Å². The quantitative estimate of drug-likeness (QED) is 0.635. The third-order valence-electron chi connectivity index (χ3n) is 2.98. The van der Waals surface area contributed by atoms with Gasteiger partial charge in [-0.15, -0.1) is 6.42 Å². The molecule has 0 aliphatic rings. The number of methoxy groups -OCH3 is 1. The molecular weight excluding hydrogens is 315 g/mol. The van der Waals surface area contributed by atoms with Gasteiger partial charge >= 0.3 is 6.09 Å². The molecule has 0 spiro atoms. The Labute approximate surface area is 139 Å². The number of aromatic nitrogens is 2. The van der Waals surface area contributed by atoms with Crippen LogP contribution in [0.1, 0.15) is 26.5 Å². The first-order valence-corrected chi connectivity index (χ1v) is 7.31. The van der Waals surface area contributed by atoms with E-state index >= 15 is 0 Å². The summed E-state index contributed by atoms with van der Waals surface area (Å²) in [5, 5.41) is 4.36. The van der Waals surface area contributed by atoms with E-state index in [1.54, 1.807) is 20.8 Å². The number of terminal acetylenes is 1. The molecule has 0 saturated carbocycles. The number of ether oxygens (including phenoxy) is 3. The van der Waals surface area contributed by atoms with Crippen molar-refractivity contribution < 1.29 is 23.4 Å². The van der Waals surface area contributed by atoms with Crippen LogP contribution >= 0.6 is 0 Å². The highest BCUT2D eigenvalue weighted by molar-refractivity contribution is 5.92. The van der Waals surface area contributed by atoms with Crippen LogP contribution in [0.5, 0.6) is 5.75 Å². The summed E-state index contributed by atoms with van der Waals surface area (Å²) in [5.41, 5.74) is -0.243. The van der Waals surface area contributed by atoms with Gasteiger partial charge in [-0.2, -0.15) is 9.78 Å². The normalized spacial score (nSPS) is 11.3. The third-order valence-corrected chi connectivity index (χ3v) is 2.98. The molecule has 2 rings (SSSR count). The molecule has 0 saturated heterocycles. The number of benzene rings is 1. The Bertz CT molecular complexity index is 799. The number of carbonyl (C=O) groups excluding carboxylic acids is 1. The number of fused-ring (bicyclic) bond motifs is 1. The molecule has 1 aromatic carbocycles. The molecule has 1 aromatic heterocycles. The first-order valence-electron chi connectivity index (χ1n) is 7.31. The van der Waals surface area contributed by atoms with Crippen molar-refractivity contribution in [3.63, 3.8) is 0 Å². The Morgan fingerprint density at radius 1 is 1.38 bits per heavy atom. The maximum Gasteiger partial charge on any atom is 0.435 e. The maximum atomic E-state index is 14.2. The monoisotopic (exact) mass is 334 g/mol. The van der Waals surface area contributed by atoms with Crippen molar-refractivity contribution in [2.45, 2.75) is 26.4 Å². The first-order chi connectivity index (χ1) is 11.3. The lowest BCUT2D eigenvalue weighted by molar-refractivity contribution is 0.0522. The largest absolute Gasteiger partial charge is 0.488 e. The van der Waals surface area contributed by atoms with Gasteiger partial charge in [0.15, 0.2) is 11.6 Å². The minimum absolute atomic E-state index is 0.0205. The van der Waals surface area contributed by atoms with E-state index in [9.17, 15) is 9.18 Å².